The van der Waals surface area contributed by atoms with E-state index >= 15 is 0 Å². The fraction of sp³-hybridized carbons (Fsp3) is 0.824. The maximum atomic E-state index is 12.6. The maximum absolute atomic E-state index is 12.6. The van der Waals surface area contributed by atoms with E-state index in [2.05, 4.69) is 0 Å². The minimum absolute atomic E-state index is 0.0142. The van der Waals surface area contributed by atoms with E-state index in [4.69, 9.17) is 5.73 Å². The van der Waals surface area contributed by atoms with Crippen molar-refractivity contribution < 1.29 is 19.5 Å². The van der Waals surface area contributed by atoms with Crippen molar-refractivity contribution in [3.8, 4) is 0 Å². The lowest BCUT2D eigenvalue weighted by atomic mass is 9.79. The Morgan fingerprint density at radius 3 is 2.54 bits per heavy atom. The predicted molar refractivity (Wildman–Crippen MR) is 86.9 cm³/mol. The molecule has 2 heterocycles. The van der Waals surface area contributed by atoms with Crippen molar-refractivity contribution in [1.82, 2.24) is 9.80 Å². The van der Waals surface area contributed by atoms with Crippen molar-refractivity contribution in [3.05, 3.63) is 0 Å². The van der Waals surface area contributed by atoms with Gasteiger partial charge < -0.3 is 20.6 Å². The maximum Gasteiger partial charge on any atom is 0.255 e. The molecule has 0 aromatic rings. The highest BCUT2D eigenvalue weighted by molar-refractivity contribution is 5.99. The SMILES string of the molecule is CC(C)CC(N)C(=O)N1CCC2C1C(=O)CN2C(=O)C1(O)CCC1. The zero-order valence-corrected chi connectivity index (χ0v) is 14.4. The Balaban J connectivity index is 1.72. The number of rotatable bonds is 4. The van der Waals surface area contributed by atoms with Gasteiger partial charge in [-0.25, -0.2) is 0 Å². The van der Waals surface area contributed by atoms with Crippen molar-refractivity contribution >= 4 is 17.6 Å². The highest BCUT2D eigenvalue weighted by Crippen LogP contribution is 2.38. The first-order valence-corrected chi connectivity index (χ1v) is 8.87. The number of likely N-dealkylation sites (tertiary alicyclic amines) is 2. The first kappa shape index (κ1) is 17.4. The fourth-order valence-electron chi connectivity index (χ4n) is 4.15. The molecule has 2 amide bonds. The molecule has 3 atom stereocenters. The van der Waals surface area contributed by atoms with E-state index in [1.807, 2.05) is 13.8 Å². The van der Waals surface area contributed by atoms with Gasteiger partial charge in [0, 0.05) is 6.54 Å². The minimum atomic E-state index is -1.30. The Morgan fingerprint density at radius 1 is 1.33 bits per heavy atom. The average Bonchev–Trinajstić information content (AvgIpc) is 3.04. The molecule has 3 fully saturated rings. The molecule has 7 heteroatoms. The van der Waals surface area contributed by atoms with Crippen LogP contribution in [-0.2, 0) is 14.4 Å². The van der Waals surface area contributed by atoms with Crippen LogP contribution in [0.15, 0.2) is 0 Å². The molecule has 0 bridgehead atoms. The lowest BCUT2D eigenvalue weighted by Gasteiger charge is -2.39. The van der Waals surface area contributed by atoms with Gasteiger partial charge in [0.05, 0.1) is 18.6 Å². The molecule has 0 radical (unpaired) electrons. The molecule has 0 aromatic heterocycles. The highest BCUT2D eigenvalue weighted by atomic mass is 16.3. The largest absolute Gasteiger partial charge is 0.380 e. The first-order chi connectivity index (χ1) is 11.2. The van der Waals surface area contributed by atoms with Gasteiger partial charge in [-0.2, -0.15) is 0 Å². The molecule has 134 valence electrons. The molecule has 7 nitrogen and oxygen atoms in total. The number of amides is 2. The molecule has 0 spiro atoms. The van der Waals surface area contributed by atoms with Crippen LogP contribution in [0.3, 0.4) is 0 Å². The summed E-state index contributed by atoms with van der Waals surface area (Å²) < 4.78 is 0. The molecule has 3 N–H and O–H groups in total. The number of hydrogen-bond donors (Lipinski definition) is 2. The highest BCUT2D eigenvalue weighted by Gasteiger charge is 2.55. The van der Waals surface area contributed by atoms with E-state index in [1.54, 1.807) is 4.90 Å². The zero-order chi connectivity index (χ0) is 17.6. The van der Waals surface area contributed by atoms with Crippen LogP contribution in [0.5, 0.6) is 0 Å². The van der Waals surface area contributed by atoms with E-state index in [0.717, 1.165) is 6.42 Å². The Morgan fingerprint density at radius 2 is 2.00 bits per heavy atom. The number of nitrogens with zero attached hydrogens (tertiary/aromatic N) is 2. The molecule has 3 unspecified atom stereocenters. The van der Waals surface area contributed by atoms with Gasteiger partial charge >= 0.3 is 0 Å². The third kappa shape index (κ3) is 2.73. The normalized spacial score (nSPS) is 29.6. The molecular weight excluding hydrogens is 310 g/mol. The lowest BCUT2D eigenvalue weighted by Crippen LogP contribution is -2.55. The first-order valence-electron chi connectivity index (χ1n) is 8.87. The van der Waals surface area contributed by atoms with Crippen molar-refractivity contribution in [1.29, 1.82) is 0 Å². The molecule has 2 saturated heterocycles. The minimum Gasteiger partial charge on any atom is -0.380 e. The molecule has 3 rings (SSSR count). The smallest absolute Gasteiger partial charge is 0.255 e. The average molecular weight is 337 g/mol. The number of nitrogens with two attached hydrogens (primary N) is 1. The fourth-order valence-corrected chi connectivity index (χ4v) is 4.15. The standard InChI is InChI=1S/C17H27N3O4/c1-10(2)8-11(18)15(22)19-7-4-12-14(19)13(21)9-20(12)16(23)17(24)5-3-6-17/h10-12,14,24H,3-9,18H2,1-2H3. The number of hydrogen-bond acceptors (Lipinski definition) is 5. The van der Waals surface area contributed by atoms with Crippen molar-refractivity contribution in [2.24, 2.45) is 11.7 Å². The summed E-state index contributed by atoms with van der Waals surface area (Å²) in [6.07, 6.45) is 2.88. The van der Waals surface area contributed by atoms with Crippen LogP contribution in [-0.4, -0.2) is 69.3 Å². The van der Waals surface area contributed by atoms with Crippen LogP contribution in [0.25, 0.3) is 0 Å². The Kier molecular flexibility index (Phi) is 4.42. The monoisotopic (exact) mass is 337 g/mol. The van der Waals surface area contributed by atoms with Crippen LogP contribution in [0.4, 0.5) is 0 Å². The van der Waals surface area contributed by atoms with Gasteiger partial charge in [-0.05, 0) is 38.0 Å². The molecule has 24 heavy (non-hydrogen) atoms. The second kappa shape index (κ2) is 6.11. The van der Waals surface area contributed by atoms with Gasteiger partial charge in [0.25, 0.3) is 5.91 Å². The van der Waals surface area contributed by atoms with Gasteiger partial charge in [-0.1, -0.05) is 13.8 Å². The molecule has 1 saturated carbocycles. The van der Waals surface area contributed by atoms with Gasteiger partial charge in [0.1, 0.15) is 11.6 Å². The predicted octanol–water partition coefficient (Wildman–Crippen LogP) is -0.344. The van der Waals surface area contributed by atoms with Gasteiger partial charge in [0.15, 0.2) is 5.78 Å². The summed E-state index contributed by atoms with van der Waals surface area (Å²) in [6.45, 7) is 4.42. The van der Waals surface area contributed by atoms with Crippen LogP contribution in [0.1, 0.15) is 46.0 Å². The van der Waals surface area contributed by atoms with Crippen LogP contribution in [0.2, 0.25) is 0 Å². The van der Waals surface area contributed by atoms with Gasteiger partial charge in [-0.3, -0.25) is 14.4 Å². The summed E-state index contributed by atoms with van der Waals surface area (Å²) in [6, 6.07) is -1.52. The Hall–Kier alpha value is -1.47. The van der Waals surface area contributed by atoms with Crippen LogP contribution < -0.4 is 5.73 Å². The number of carbonyl (C=O) groups excluding carboxylic acids is 3. The molecule has 3 aliphatic rings. The van der Waals surface area contributed by atoms with Crippen LogP contribution in [0, 0.1) is 5.92 Å². The summed E-state index contributed by atoms with van der Waals surface area (Å²) in [5.74, 6) is -0.386. The lowest BCUT2D eigenvalue weighted by molar-refractivity contribution is -0.161. The molecule has 2 aliphatic heterocycles. The van der Waals surface area contributed by atoms with E-state index in [9.17, 15) is 19.5 Å². The summed E-state index contributed by atoms with van der Waals surface area (Å²) in [5, 5.41) is 10.3. The summed E-state index contributed by atoms with van der Waals surface area (Å²) in [4.78, 5) is 40.7. The number of Topliss-reactive ketones (excluding diaryl/α,β-unsaturated/α-hetero) is 1. The van der Waals surface area contributed by atoms with E-state index in [-0.39, 0.29) is 30.2 Å². The summed E-state index contributed by atoms with van der Waals surface area (Å²) in [5.41, 5.74) is 4.69. The topological polar surface area (TPSA) is 104 Å². The number of carbonyl (C=O) groups is 3. The van der Waals surface area contributed by atoms with Crippen molar-refractivity contribution in [2.75, 3.05) is 13.1 Å². The molecular formula is C17H27N3O4. The molecule has 0 aromatic carbocycles. The zero-order valence-electron chi connectivity index (χ0n) is 14.4. The van der Waals surface area contributed by atoms with Crippen LogP contribution >= 0.6 is 0 Å². The second-order valence-electron chi connectivity index (χ2n) is 7.85. The number of ketones is 1. The summed E-state index contributed by atoms with van der Waals surface area (Å²) in [7, 11) is 0. The Bertz CT molecular complexity index is 558. The molecule has 1 aliphatic carbocycles. The summed E-state index contributed by atoms with van der Waals surface area (Å²) >= 11 is 0. The van der Waals surface area contributed by atoms with Gasteiger partial charge in [0.2, 0.25) is 5.91 Å². The van der Waals surface area contributed by atoms with E-state index in [0.29, 0.717) is 38.1 Å². The number of aliphatic hydroxyl groups is 1. The van der Waals surface area contributed by atoms with E-state index < -0.39 is 17.7 Å². The van der Waals surface area contributed by atoms with Crippen molar-refractivity contribution in [2.45, 2.75) is 69.7 Å². The van der Waals surface area contributed by atoms with E-state index in [1.165, 1.54) is 4.90 Å². The van der Waals surface area contributed by atoms with Gasteiger partial charge in [-0.15, -0.1) is 0 Å². The number of fused-ring (bicyclic) bond motifs is 1. The van der Waals surface area contributed by atoms with Crippen molar-refractivity contribution in [3.63, 3.8) is 0 Å². The quantitative estimate of drug-likeness (QED) is 0.730. The third-order valence-corrected chi connectivity index (χ3v) is 5.59. The Labute approximate surface area is 142 Å². The second-order valence-corrected chi connectivity index (χ2v) is 7.85. The third-order valence-electron chi connectivity index (χ3n) is 5.59.